The van der Waals surface area contributed by atoms with E-state index in [-0.39, 0.29) is 17.3 Å². The molecule has 1 aromatic carbocycles. The van der Waals surface area contributed by atoms with Crippen LogP contribution in [0.25, 0.3) is 10.2 Å². The second kappa shape index (κ2) is 9.08. The molecule has 0 saturated carbocycles. The molecular weight excluding hydrogens is 405 g/mol. The van der Waals surface area contributed by atoms with E-state index in [0.29, 0.717) is 33.0 Å². The quantitative estimate of drug-likeness (QED) is 0.563. The van der Waals surface area contributed by atoms with E-state index < -0.39 is 25.3 Å². The number of aromatic nitrogens is 2. The number of halogens is 3. The summed E-state index contributed by atoms with van der Waals surface area (Å²) in [7, 11) is 0. The van der Waals surface area contributed by atoms with E-state index >= 15 is 0 Å². The van der Waals surface area contributed by atoms with Crippen molar-refractivity contribution in [1.29, 1.82) is 0 Å². The van der Waals surface area contributed by atoms with Gasteiger partial charge in [-0.2, -0.15) is 0 Å². The average Bonchev–Trinajstić information content (AvgIpc) is 3.06. The van der Waals surface area contributed by atoms with E-state index in [0.717, 1.165) is 6.07 Å². The number of ether oxygens (including phenoxy) is 1. The zero-order valence-corrected chi connectivity index (χ0v) is 16.6. The van der Waals surface area contributed by atoms with Gasteiger partial charge < -0.3 is 15.4 Å². The van der Waals surface area contributed by atoms with Gasteiger partial charge in [0.2, 0.25) is 0 Å². The van der Waals surface area contributed by atoms with Crippen LogP contribution in [0.4, 0.5) is 24.7 Å². The molecular formula is C19H19F3N4O2S. The highest BCUT2D eigenvalue weighted by Crippen LogP contribution is 2.36. The summed E-state index contributed by atoms with van der Waals surface area (Å²) in [4.78, 5) is 21.8. The van der Waals surface area contributed by atoms with Crippen molar-refractivity contribution < 1.29 is 22.7 Å². The molecule has 3 rings (SSSR count). The normalized spacial score (nSPS) is 11.1. The van der Waals surface area contributed by atoms with Gasteiger partial charge in [-0.25, -0.2) is 23.1 Å². The largest absolute Gasteiger partial charge is 0.483 e. The van der Waals surface area contributed by atoms with Crippen LogP contribution in [0.3, 0.4) is 0 Å². The number of amides is 1. The maximum atomic E-state index is 13.7. The van der Waals surface area contributed by atoms with Gasteiger partial charge in [-0.05, 0) is 31.5 Å². The highest BCUT2D eigenvalue weighted by Gasteiger charge is 2.20. The van der Waals surface area contributed by atoms with Crippen LogP contribution in [-0.4, -0.2) is 41.9 Å². The summed E-state index contributed by atoms with van der Waals surface area (Å²) in [5.74, 6) is -0.500. The first-order valence-electron chi connectivity index (χ1n) is 8.85. The number of carbonyl (C=O) groups excluding carboxylic acids is 1. The zero-order valence-electron chi connectivity index (χ0n) is 15.8. The average molecular weight is 424 g/mol. The third kappa shape index (κ3) is 4.42. The molecule has 0 aliphatic carbocycles. The van der Waals surface area contributed by atoms with Crippen LogP contribution in [0, 0.1) is 12.7 Å². The van der Waals surface area contributed by atoms with Gasteiger partial charge in [0.25, 0.3) is 5.91 Å². The van der Waals surface area contributed by atoms with Crippen molar-refractivity contribution in [2.45, 2.75) is 20.0 Å². The van der Waals surface area contributed by atoms with Gasteiger partial charge in [-0.15, -0.1) is 11.3 Å². The summed E-state index contributed by atoms with van der Waals surface area (Å²) >= 11 is 1.23. The molecule has 0 atom stereocenters. The van der Waals surface area contributed by atoms with E-state index in [1.165, 1.54) is 29.8 Å². The molecule has 6 nitrogen and oxygen atoms in total. The van der Waals surface area contributed by atoms with Gasteiger partial charge in [0.15, 0.2) is 6.10 Å². The predicted molar refractivity (Wildman–Crippen MR) is 106 cm³/mol. The van der Waals surface area contributed by atoms with E-state index in [4.69, 9.17) is 4.74 Å². The summed E-state index contributed by atoms with van der Waals surface area (Å²) in [5.41, 5.74) is 0.970. The van der Waals surface area contributed by atoms with E-state index in [9.17, 15) is 18.0 Å². The SMILES string of the molecule is CCNC(=O)c1sc2ncnc(Nc3ccc(F)cc3OC(CF)CF)c2c1C. The predicted octanol–water partition coefficient (Wildman–Crippen LogP) is 4.32. The molecule has 2 N–H and O–H groups in total. The summed E-state index contributed by atoms with van der Waals surface area (Å²) in [6.07, 6.45) is -0.00652. The molecule has 29 heavy (non-hydrogen) atoms. The van der Waals surface area contributed by atoms with Gasteiger partial charge in [-0.3, -0.25) is 4.79 Å². The first-order chi connectivity index (χ1) is 14.0. The maximum Gasteiger partial charge on any atom is 0.261 e. The third-order valence-corrected chi connectivity index (χ3v) is 5.30. The highest BCUT2D eigenvalue weighted by atomic mass is 32.1. The number of aryl methyl sites for hydroxylation is 1. The molecule has 0 spiro atoms. The molecule has 0 unspecified atom stereocenters. The lowest BCUT2D eigenvalue weighted by Gasteiger charge is -2.17. The Morgan fingerprint density at radius 3 is 2.72 bits per heavy atom. The fourth-order valence-corrected chi connectivity index (χ4v) is 3.80. The molecule has 2 aromatic heterocycles. The maximum absolute atomic E-state index is 13.7. The third-order valence-electron chi connectivity index (χ3n) is 4.10. The van der Waals surface area contributed by atoms with Crippen molar-refractivity contribution in [3.05, 3.63) is 40.8 Å². The molecule has 1 amide bonds. The van der Waals surface area contributed by atoms with Crippen LogP contribution in [0.1, 0.15) is 22.2 Å². The van der Waals surface area contributed by atoms with E-state index in [1.54, 1.807) is 6.92 Å². The standard InChI is InChI=1S/C19H19F3N4O2S/c1-3-23-18(27)16-10(2)15-17(24-9-25-19(15)29-16)26-13-5-4-11(22)6-14(13)28-12(7-20)8-21/h4-6,9,12H,3,7-8H2,1-2H3,(H,23,27)(H,24,25,26). The number of hydrogen-bond donors (Lipinski definition) is 2. The lowest BCUT2D eigenvalue weighted by atomic mass is 10.2. The van der Waals surface area contributed by atoms with Gasteiger partial charge in [0, 0.05) is 12.6 Å². The number of anilines is 2. The van der Waals surface area contributed by atoms with Crippen LogP contribution in [0.2, 0.25) is 0 Å². The minimum Gasteiger partial charge on any atom is -0.483 e. The van der Waals surface area contributed by atoms with Crippen LogP contribution in [0.15, 0.2) is 24.5 Å². The van der Waals surface area contributed by atoms with Gasteiger partial charge in [0.1, 0.15) is 41.9 Å². The Kier molecular flexibility index (Phi) is 6.53. The molecule has 2 heterocycles. The van der Waals surface area contributed by atoms with Gasteiger partial charge >= 0.3 is 0 Å². The Labute approximate surface area is 169 Å². The minimum absolute atomic E-state index is 0.0473. The molecule has 3 aromatic rings. The molecule has 0 fully saturated rings. The topological polar surface area (TPSA) is 76.1 Å². The van der Waals surface area contributed by atoms with Crippen LogP contribution < -0.4 is 15.4 Å². The van der Waals surface area contributed by atoms with Crippen molar-refractivity contribution in [3.8, 4) is 5.75 Å². The summed E-state index contributed by atoms with van der Waals surface area (Å²) in [6, 6.07) is 3.62. The molecule has 0 aliphatic heterocycles. The number of alkyl halides is 2. The first-order valence-corrected chi connectivity index (χ1v) is 9.67. The molecule has 10 heteroatoms. The van der Waals surface area contributed by atoms with Crippen LogP contribution in [0.5, 0.6) is 5.75 Å². The molecule has 154 valence electrons. The molecule has 0 aliphatic rings. The smallest absolute Gasteiger partial charge is 0.261 e. The van der Waals surface area contributed by atoms with Gasteiger partial charge in [0.05, 0.1) is 16.0 Å². The van der Waals surface area contributed by atoms with E-state index in [1.807, 2.05) is 6.92 Å². The van der Waals surface area contributed by atoms with Crippen LogP contribution >= 0.6 is 11.3 Å². The van der Waals surface area contributed by atoms with Crippen molar-refractivity contribution in [2.24, 2.45) is 0 Å². The van der Waals surface area contributed by atoms with Crippen LogP contribution in [-0.2, 0) is 0 Å². The monoisotopic (exact) mass is 424 g/mol. The number of rotatable bonds is 8. The Morgan fingerprint density at radius 2 is 2.03 bits per heavy atom. The van der Waals surface area contributed by atoms with Crippen molar-refractivity contribution in [2.75, 3.05) is 25.2 Å². The van der Waals surface area contributed by atoms with Gasteiger partial charge in [-0.1, -0.05) is 0 Å². The Morgan fingerprint density at radius 1 is 1.28 bits per heavy atom. The fraction of sp³-hybridized carbons (Fsp3) is 0.316. The molecule has 0 bridgehead atoms. The summed E-state index contributed by atoms with van der Waals surface area (Å²) in [5, 5.41) is 6.39. The minimum atomic E-state index is -1.34. The Balaban J connectivity index is 2.02. The number of thiophene rings is 1. The number of carbonyl (C=O) groups is 1. The number of hydrogen-bond acceptors (Lipinski definition) is 6. The van der Waals surface area contributed by atoms with E-state index in [2.05, 4.69) is 20.6 Å². The second-order valence-corrected chi connectivity index (χ2v) is 7.13. The van der Waals surface area contributed by atoms with Crippen molar-refractivity contribution in [3.63, 3.8) is 0 Å². The summed E-state index contributed by atoms with van der Waals surface area (Å²) < 4.78 is 44.7. The Bertz CT molecular complexity index is 1020. The summed E-state index contributed by atoms with van der Waals surface area (Å²) in [6.45, 7) is 1.99. The fourth-order valence-electron chi connectivity index (χ4n) is 2.73. The number of fused-ring (bicyclic) bond motifs is 1. The molecule has 0 radical (unpaired) electrons. The number of nitrogens with one attached hydrogen (secondary N) is 2. The first kappa shape index (κ1) is 20.8. The number of nitrogens with zero attached hydrogens (tertiary/aromatic N) is 2. The Hall–Kier alpha value is -2.88. The lowest BCUT2D eigenvalue weighted by Crippen LogP contribution is -2.22. The highest BCUT2D eigenvalue weighted by molar-refractivity contribution is 7.20. The van der Waals surface area contributed by atoms with Crippen molar-refractivity contribution in [1.82, 2.24) is 15.3 Å². The zero-order chi connectivity index (χ0) is 21.0. The lowest BCUT2D eigenvalue weighted by molar-refractivity contribution is 0.0959. The molecule has 0 saturated heterocycles. The number of benzene rings is 1. The van der Waals surface area contributed by atoms with Crippen molar-refractivity contribution >= 4 is 39.0 Å². The second-order valence-electron chi connectivity index (χ2n) is 6.13.